The molecule has 8 heteroatoms. The van der Waals surface area contributed by atoms with Gasteiger partial charge in [-0.1, -0.05) is 6.42 Å². The number of aromatic nitrogens is 3. The molecule has 8 nitrogen and oxygen atoms in total. The monoisotopic (exact) mass is 344 g/mol. The third-order valence-corrected chi connectivity index (χ3v) is 5.40. The van der Waals surface area contributed by atoms with Crippen LogP contribution < -0.4 is 0 Å². The van der Waals surface area contributed by atoms with Crippen molar-refractivity contribution in [3.8, 4) is 0 Å². The number of hydrazone groups is 1. The lowest BCUT2D eigenvalue weighted by Crippen LogP contribution is -2.40. The number of aryl methyl sites for hydroxylation is 1. The van der Waals surface area contributed by atoms with E-state index in [1.54, 1.807) is 7.05 Å². The van der Waals surface area contributed by atoms with Crippen LogP contribution in [-0.4, -0.2) is 55.8 Å². The number of hydrogen-bond acceptors (Lipinski definition) is 5. The summed E-state index contributed by atoms with van der Waals surface area (Å²) in [6.07, 6.45) is 7.11. The van der Waals surface area contributed by atoms with Gasteiger partial charge < -0.3 is 9.47 Å². The van der Waals surface area contributed by atoms with Crippen molar-refractivity contribution in [3.05, 3.63) is 11.6 Å². The van der Waals surface area contributed by atoms with Gasteiger partial charge in [0.15, 0.2) is 5.82 Å². The van der Waals surface area contributed by atoms with E-state index in [9.17, 15) is 9.59 Å². The minimum absolute atomic E-state index is 0.0301. The maximum Gasteiger partial charge on any atom is 0.270 e. The van der Waals surface area contributed by atoms with Gasteiger partial charge >= 0.3 is 0 Å². The number of carbonyl (C=O) groups is 2. The van der Waals surface area contributed by atoms with Crippen LogP contribution in [0.15, 0.2) is 5.10 Å². The number of nitrogens with zero attached hydrogens (tertiary/aromatic N) is 6. The molecule has 3 aliphatic rings. The fraction of sp³-hybridized carbons (Fsp3) is 0.706. The first-order chi connectivity index (χ1) is 12.1. The van der Waals surface area contributed by atoms with Crippen molar-refractivity contribution < 1.29 is 9.59 Å². The van der Waals surface area contributed by atoms with Gasteiger partial charge in [0.2, 0.25) is 5.91 Å². The normalized spacial score (nSPS) is 24.1. The van der Waals surface area contributed by atoms with Gasteiger partial charge in [0.05, 0.1) is 6.04 Å². The summed E-state index contributed by atoms with van der Waals surface area (Å²) >= 11 is 0. The Kier molecular flexibility index (Phi) is 4.27. The zero-order valence-corrected chi connectivity index (χ0v) is 14.6. The van der Waals surface area contributed by atoms with Crippen LogP contribution >= 0.6 is 0 Å². The molecule has 0 aromatic carbocycles. The van der Waals surface area contributed by atoms with E-state index in [-0.39, 0.29) is 17.9 Å². The van der Waals surface area contributed by atoms with E-state index >= 15 is 0 Å². The van der Waals surface area contributed by atoms with E-state index in [1.165, 1.54) is 11.4 Å². The molecule has 1 aromatic heterocycles. The Labute approximate surface area is 146 Å². The van der Waals surface area contributed by atoms with Crippen LogP contribution in [0.3, 0.4) is 0 Å². The molecule has 2 amide bonds. The van der Waals surface area contributed by atoms with Crippen molar-refractivity contribution >= 4 is 17.5 Å². The van der Waals surface area contributed by atoms with Gasteiger partial charge in [0.1, 0.15) is 11.5 Å². The van der Waals surface area contributed by atoms with Gasteiger partial charge in [-0.05, 0) is 25.7 Å². The molecule has 1 aromatic rings. The molecule has 0 saturated carbocycles. The molecule has 1 saturated heterocycles. The Bertz CT molecular complexity index is 725. The first kappa shape index (κ1) is 16.2. The highest BCUT2D eigenvalue weighted by molar-refractivity contribution is 6.39. The van der Waals surface area contributed by atoms with Crippen molar-refractivity contribution in [1.82, 2.24) is 24.7 Å². The Morgan fingerprint density at radius 3 is 2.76 bits per heavy atom. The second-order valence-corrected chi connectivity index (χ2v) is 7.06. The lowest BCUT2D eigenvalue weighted by molar-refractivity contribution is -0.130. The topological polar surface area (TPSA) is 83.7 Å². The van der Waals surface area contributed by atoms with Crippen molar-refractivity contribution in [2.45, 2.75) is 64.0 Å². The molecule has 1 atom stereocenters. The Balaban J connectivity index is 1.59. The van der Waals surface area contributed by atoms with E-state index in [4.69, 9.17) is 0 Å². The van der Waals surface area contributed by atoms with Crippen LogP contribution in [0.1, 0.15) is 62.6 Å². The Morgan fingerprint density at radius 2 is 1.92 bits per heavy atom. The van der Waals surface area contributed by atoms with Crippen molar-refractivity contribution in [2.24, 2.45) is 5.10 Å². The number of hydrogen-bond donors (Lipinski definition) is 0. The quantitative estimate of drug-likeness (QED) is 0.809. The van der Waals surface area contributed by atoms with Crippen LogP contribution in [0.2, 0.25) is 0 Å². The lowest BCUT2D eigenvalue weighted by atomic mass is 10.1. The summed E-state index contributed by atoms with van der Waals surface area (Å²) in [6, 6.07) is -0.0301. The molecule has 4 heterocycles. The maximum atomic E-state index is 13.0. The lowest BCUT2D eigenvalue weighted by Gasteiger charge is -2.27. The fourth-order valence-corrected chi connectivity index (χ4v) is 4.02. The van der Waals surface area contributed by atoms with Gasteiger partial charge in [-0.3, -0.25) is 9.59 Å². The molecule has 0 spiro atoms. The fourth-order valence-electron chi connectivity index (χ4n) is 4.02. The summed E-state index contributed by atoms with van der Waals surface area (Å²) in [5.74, 6) is 1.86. The number of likely N-dealkylation sites (tertiary alicyclic amines) is 1. The molecule has 0 bridgehead atoms. The predicted octanol–water partition coefficient (Wildman–Crippen LogP) is 1.28. The average molecular weight is 344 g/mol. The van der Waals surface area contributed by atoms with Gasteiger partial charge in [-0.2, -0.15) is 5.10 Å². The van der Waals surface area contributed by atoms with E-state index in [0.29, 0.717) is 25.1 Å². The molecule has 3 aliphatic heterocycles. The first-order valence-electron chi connectivity index (χ1n) is 9.22. The highest BCUT2D eigenvalue weighted by Gasteiger charge is 2.37. The minimum atomic E-state index is -0.0622. The second-order valence-electron chi connectivity index (χ2n) is 7.06. The summed E-state index contributed by atoms with van der Waals surface area (Å²) in [6.45, 7) is 1.65. The van der Waals surface area contributed by atoms with Gasteiger partial charge in [-0.15, -0.1) is 10.2 Å². The molecule has 25 heavy (non-hydrogen) atoms. The smallest absolute Gasteiger partial charge is 0.270 e. The molecular weight excluding hydrogens is 320 g/mol. The minimum Gasteiger partial charge on any atom is -0.327 e. The second kappa shape index (κ2) is 6.57. The van der Waals surface area contributed by atoms with Crippen molar-refractivity contribution in [2.75, 3.05) is 13.6 Å². The van der Waals surface area contributed by atoms with Gasteiger partial charge in [0.25, 0.3) is 5.91 Å². The summed E-state index contributed by atoms with van der Waals surface area (Å²) < 4.78 is 2.22. The average Bonchev–Trinajstić information content (AvgIpc) is 3.17. The summed E-state index contributed by atoms with van der Waals surface area (Å²) in [5.41, 5.74) is 0.476. The van der Waals surface area contributed by atoms with Crippen LogP contribution in [0.4, 0.5) is 0 Å². The van der Waals surface area contributed by atoms with Crippen LogP contribution in [-0.2, 0) is 22.6 Å². The van der Waals surface area contributed by atoms with Crippen LogP contribution in [0.5, 0.6) is 0 Å². The summed E-state index contributed by atoms with van der Waals surface area (Å²) in [5, 5.41) is 14.3. The highest BCUT2D eigenvalue weighted by Crippen LogP contribution is 2.33. The van der Waals surface area contributed by atoms with Crippen molar-refractivity contribution in [1.29, 1.82) is 0 Å². The van der Waals surface area contributed by atoms with E-state index < -0.39 is 0 Å². The first-order valence-corrected chi connectivity index (χ1v) is 9.22. The molecule has 4 rings (SSSR count). The van der Waals surface area contributed by atoms with E-state index in [1.807, 2.05) is 4.90 Å². The number of carbonyl (C=O) groups excluding carboxylic acids is 2. The van der Waals surface area contributed by atoms with Gasteiger partial charge in [0, 0.05) is 39.4 Å². The van der Waals surface area contributed by atoms with Gasteiger partial charge in [-0.25, -0.2) is 5.01 Å². The Hall–Kier alpha value is -2.25. The highest BCUT2D eigenvalue weighted by atomic mass is 16.2. The summed E-state index contributed by atoms with van der Waals surface area (Å²) in [7, 11) is 1.61. The molecule has 0 radical (unpaired) electrons. The molecule has 0 unspecified atom stereocenters. The molecule has 0 N–H and O–H groups in total. The predicted molar refractivity (Wildman–Crippen MR) is 90.7 cm³/mol. The zero-order chi connectivity index (χ0) is 17.4. The third kappa shape index (κ3) is 2.94. The Morgan fingerprint density at radius 1 is 1.04 bits per heavy atom. The number of rotatable bonds is 2. The number of amides is 2. The maximum absolute atomic E-state index is 13.0. The summed E-state index contributed by atoms with van der Waals surface area (Å²) in [4.78, 5) is 26.5. The molecular formula is C17H24N6O2. The largest absolute Gasteiger partial charge is 0.327 e. The standard InChI is InChI=1S/C17H24N6O2/c1-21-15(24)9-8-12(20-21)17(25)22-11-5-6-13(22)16-19-18-14-7-3-2-4-10-23(14)16/h13H,2-11H2,1H3/t13-/m1/s1. The number of fused-ring (bicyclic) bond motifs is 1. The SMILES string of the molecule is CN1N=C(C(=O)N2CCC[C@@H]2c2nnc3n2CCCCC3)CCC1=O. The van der Waals surface area contributed by atoms with Crippen molar-refractivity contribution in [3.63, 3.8) is 0 Å². The van der Waals surface area contributed by atoms with E-state index in [0.717, 1.165) is 50.3 Å². The zero-order valence-electron chi connectivity index (χ0n) is 14.6. The molecule has 134 valence electrons. The molecule has 1 fully saturated rings. The molecule has 0 aliphatic carbocycles. The van der Waals surface area contributed by atoms with Crippen LogP contribution in [0, 0.1) is 0 Å². The third-order valence-electron chi connectivity index (χ3n) is 5.40. The van der Waals surface area contributed by atoms with Crippen LogP contribution in [0.25, 0.3) is 0 Å². The van der Waals surface area contributed by atoms with E-state index in [2.05, 4.69) is 19.9 Å².